The first-order chi connectivity index (χ1) is 15.6. The molecule has 0 aliphatic carbocycles. The number of hydrogen-bond acceptors (Lipinski definition) is 9. The van der Waals surface area contributed by atoms with E-state index in [9.17, 15) is 9.18 Å². The molecule has 0 radical (unpaired) electrons. The molecule has 0 spiro atoms. The van der Waals surface area contributed by atoms with Gasteiger partial charge in [-0.25, -0.2) is 9.78 Å². The van der Waals surface area contributed by atoms with Gasteiger partial charge in [-0.2, -0.15) is 9.37 Å². The Hall–Kier alpha value is -3.40. The van der Waals surface area contributed by atoms with E-state index in [2.05, 4.69) is 19.9 Å². The van der Waals surface area contributed by atoms with Crippen LogP contribution in [0.25, 0.3) is 11.0 Å². The van der Waals surface area contributed by atoms with Gasteiger partial charge in [0.2, 0.25) is 5.95 Å². The Morgan fingerprint density at radius 3 is 2.75 bits per heavy atom. The van der Waals surface area contributed by atoms with Crippen LogP contribution in [0.15, 0.2) is 30.7 Å². The third-order valence-corrected chi connectivity index (χ3v) is 5.92. The Morgan fingerprint density at radius 2 is 1.97 bits per heavy atom. The fourth-order valence-corrected chi connectivity index (χ4v) is 4.40. The molecule has 1 unspecified atom stereocenters. The summed E-state index contributed by atoms with van der Waals surface area (Å²) < 4.78 is 24.2. The standard InChI is InChI=1S/C22H23FN6O3/c1-31-22(30)14-9-15(17-3-2-4-29(17)20-12-24-11-18(23)26-20)21-16(10-14)25-13-19(27-21)28-5-7-32-8-6-28/h9-13,17H,2-8H2,1H3. The minimum Gasteiger partial charge on any atom is -0.465 e. The first kappa shape index (κ1) is 20.5. The maximum Gasteiger partial charge on any atom is 0.337 e. The summed E-state index contributed by atoms with van der Waals surface area (Å²) in [5.74, 6) is 0.155. The highest BCUT2D eigenvalue weighted by molar-refractivity contribution is 5.95. The van der Waals surface area contributed by atoms with Gasteiger partial charge >= 0.3 is 5.97 Å². The van der Waals surface area contributed by atoms with E-state index in [0.29, 0.717) is 42.2 Å². The number of morpholine rings is 1. The van der Waals surface area contributed by atoms with Crippen LogP contribution in [0.3, 0.4) is 0 Å². The highest BCUT2D eigenvalue weighted by Crippen LogP contribution is 2.38. The molecule has 166 valence electrons. The van der Waals surface area contributed by atoms with Crippen LogP contribution in [0.4, 0.5) is 16.0 Å². The molecule has 3 aromatic rings. The zero-order valence-electron chi connectivity index (χ0n) is 17.7. The Labute approximate surface area is 184 Å². The number of hydrogen-bond donors (Lipinski definition) is 0. The predicted molar refractivity (Wildman–Crippen MR) is 115 cm³/mol. The molecule has 2 saturated heterocycles. The van der Waals surface area contributed by atoms with Crippen LogP contribution >= 0.6 is 0 Å². The van der Waals surface area contributed by atoms with Crippen molar-refractivity contribution in [2.75, 3.05) is 49.8 Å². The van der Waals surface area contributed by atoms with Gasteiger partial charge in [0.25, 0.3) is 0 Å². The lowest BCUT2D eigenvalue weighted by molar-refractivity contribution is 0.0600. The number of anilines is 2. The number of methoxy groups -OCH3 is 1. The van der Waals surface area contributed by atoms with Gasteiger partial charge in [-0.3, -0.25) is 9.97 Å². The quantitative estimate of drug-likeness (QED) is 0.570. The van der Waals surface area contributed by atoms with Crippen LogP contribution < -0.4 is 9.80 Å². The van der Waals surface area contributed by atoms with E-state index in [1.54, 1.807) is 18.5 Å². The summed E-state index contributed by atoms with van der Waals surface area (Å²) in [5, 5.41) is 0. The molecule has 5 rings (SSSR count). The van der Waals surface area contributed by atoms with E-state index in [1.807, 2.05) is 11.0 Å². The Bertz CT molecular complexity index is 1150. The maximum absolute atomic E-state index is 13.8. The summed E-state index contributed by atoms with van der Waals surface area (Å²) in [7, 11) is 1.35. The van der Waals surface area contributed by atoms with Gasteiger partial charge in [-0.05, 0) is 25.0 Å². The highest BCUT2D eigenvalue weighted by atomic mass is 19.1. The van der Waals surface area contributed by atoms with E-state index < -0.39 is 11.9 Å². The topological polar surface area (TPSA) is 93.6 Å². The van der Waals surface area contributed by atoms with Crippen molar-refractivity contribution in [3.05, 3.63) is 47.8 Å². The van der Waals surface area contributed by atoms with Crippen LogP contribution in [0.2, 0.25) is 0 Å². The molecule has 2 aliphatic rings. The van der Waals surface area contributed by atoms with Crippen LogP contribution in [0.1, 0.15) is 34.8 Å². The van der Waals surface area contributed by atoms with E-state index in [4.69, 9.17) is 14.5 Å². The van der Waals surface area contributed by atoms with Crippen molar-refractivity contribution >= 4 is 28.6 Å². The summed E-state index contributed by atoms with van der Waals surface area (Å²) in [4.78, 5) is 34.0. The van der Waals surface area contributed by atoms with Crippen molar-refractivity contribution in [2.24, 2.45) is 0 Å². The number of carbonyl (C=O) groups is 1. The average Bonchev–Trinajstić information content (AvgIpc) is 3.33. The second-order valence-corrected chi connectivity index (χ2v) is 7.80. The number of esters is 1. The molecule has 1 aromatic carbocycles. The molecule has 0 saturated carbocycles. The number of fused-ring (bicyclic) bond motifs is 1. The van der Waals surface area contributed by atoms with Crippen molar-refractivity contribution in [3.8, 4) is 0 Å². The summed E-state index contributed by atoms with van der Waals surface area (Å²) in [5.41, 5.74) is 2.56. The van der Waals surface area contributed by atoms with Gasteiger partial charge < -0.3 is 19.3 Å². The SMILES string of the molecule is COC(=O)c1cc(C2CCCN2c2cncc(F)n2)c2nc(N3CCOCC3)cnc2c1. The molecule has 4 heterocycles. The Kier molecular flexibility index (Phi) is 5.52. The molecular formula is C22H23FN6O3. The fourth-order valence-electron chi connectivity index (χ4n) is 4.40. The summed E-state index contributed by atoms with van der Waals surface area (Å²) >= 11 is 0. The monoisotopic (exact) mass is 438 g/mol. The summed E-state index contributed by atoms with van der Waals surface area (Å²) in [6, 6.07) is 3.36. The zero-order valence-corrected chi connectivity index (χ0v) is 17.7. The van der Waals surface area contributed by atoms with Crippen molar-refractivity contribution in [1.82, 2.24) is 19.9 Å². The van der Waals surface area contributed by atoms with Crippen LogP contribution in [-0.4, -0.2) is 65.9 Å². The lowest BCUT2D eigenvalue weighted by atomic mass is 9.99. The van der Waals surface area contributed by atoms with Gasteiger partial charge in [-0.15, -0.1) is 0 Å². The van der Waals surface area contributed by atoms with E-state index in [1.165, 1.54) is 7.11 Å². The Balaban J connectivity index is 1.63. The number of carbonyl (C=O) groups excluding carboxylic acids is 1. The molecule has 0 amide bonds. The van der Waals surface area contributed by atoms with Gasteiger partial charge in [0.1, 0.15) is 5.82 Å². The first-order valence-electron chi connectivity index (χ1n) is 10.6. The van der Waals surface area contributed by atoms with Crippen molar-refractivity contribution in [2.45, 2.75) is 18.9 Å². The molecule has 2 aromatic heterocycles. The Morgan fingerprint density at radius 1 is 1.12 bits per heavy atom. The second kappa shape index (κ2) is 8.62. The molecule has 10 heteroatoms. The van der Waals surface area contributed by atoms with Gasteiger partial charge in [-0.1, -0.05) is 0 Å². The molecule has 0 N–H and O–H groups in total. The molecule has 2 aliphatic heterocycles. The van der Waals surface area contributed by atoms with Gasteiger partial charge in [0.15, 0.2) is 5.82 Å². The molecule has 2 fully saturated rings. The van der Waals surface area contributed by atoms with Crippen molar-refractivity contribution in [3.63, 3.8) is 0 Å². The first-order valence-corrected chi connectivity index (χ1v) is 10.6. The van der Waals surface area contributed by atoms with Crippen LogP contribution in [0, 0.1) is 5.95 Å². The minimum absolute atomic E-state index is 0.146. The lowest BCUT2D eigenvalue weighted by Crippen LogP contribution is -2.36. The minimum atomic E-state index is -0.629. The third-order valence-electron chi connectivity index (χ3n) is 5.92. The average molecular weight is 438 g/mol. The molecule has 32 heavy (non-hydrogen) atoms. The van der Waals surface area contributed by atoms with Gasteiger partial charge in [0, 0.05) is 25.2 Å². The smallest absolute Gasteiger partial charge is 0.337 e. The van der Waals surface area contributed by atoms with E-state index in [0.717, 1.165) is 43.5 Å². The largest absolute Gasteiger partial charge is 0.465 e. The number of nitrogens with zero attached hydrogens (tertiary/aromatic N) is 6. The molecular weight excluding hydrogens is 415 g/mol. The fraction of sp³-hybridized carbons (Fsp3) is 0.409. The van der Waals surface area contributed by atoms with E-state index in [-0.39, 0.29) is 6.04 Å². The maximum atomic E-state index is 13.8. The molecule has 9 nitrogen and oxygen atoms in total. The zero-order chi connectivity index (χ0) is 22.1. The number of ether oxygens (including phenoxy) is 2. The third kappa shape index (κ3) is 3.81. The lowest BCUT2D eigenvalue weighted by Gasteiger charge is -2.29. The predicted octanol–water partition coefficient (Wildman–Crippen LogP) is 2.52. The highest BCUT2D eigenvalue weighted by Gasteiger charge is 2.31. The number of aromatic nitrogens is 4. The van der Waals surface area contributed by atoms with Crippen LogP contribution in [0.5, 0.6) is 0 Å². The normalized spacial score (nSPS) is 18.9. The number of rotatable bonds is 4. The summed E-state index contributed by atoms with van der Waals surface area (Å²) in [6.45, 7) is 3.46. The summed E-state index contributed by atoms with van der Waals surface area (Å²) in [6.07, 6.45) is 6.06. The van der Waals surface area contributed by atoms with Crippen molar-refractivity contribution in [1.29, 1.82) is 0 Å². The number of halogens is 1. The van der Waals surface area contributed by atoms with Crippen molar-refractivity contribution < 1.29 is 18.7 Å². The van der Waals surface area contributed by atoms with Gasteiger partial charge in [0.05, 0.1) is 61.6 Å². The molecule has 0 bridgehead atoms. The second-order valence-electron chi connectivity index (χ2n) is 7.80. The van der Waals surface area contributed by atoms with E-state index >= 15 is 0 Å². The number of benzene rings is 1. The van der Waals surface area contributed by atoms with Crippen LogP contribution in [-0.2, 0) is 9.47 Å². The molecule has 1 atom stereocenters.